The Bertz CT molecular complexity index is 672. The summed E-state index contributed by atoms with van der Waals surface area (Å²) in [5.74, 6) is 0.412. The van der Waals surface area contributed by atoms with Gasteiger partial charge in [-0.3, -0.25) is 4.72 Å². The second-order valence-corrected chi connectivity index (χ2v) is 5.86. The van der Waals surface area contributed by atoms with E-state index in [1.54, 1.807) is 30.3 Å². The van der Waals surface area contributed by atoms with Gasteiger partial charge in [-0.1, -0.05) is 29.8 Å². The monoisotopic (exact) mass is 297 g/mol. The van der Waals surface area contributed by atoms with E-state index in [-0.39, 0.29) is 4.90 Å². The van der Waals surface area contributed by atoms with Crippen LogP contribution in [0, 0.1) is 0 Å². The number of sulfonamides is 1. The molecule has 0 bridgehead atoms. The van der Waals surface area contributed by atoms with Gasteiger partial charge in [0, 0.05) is 6.07 Å². The van der Waals surface area contributed by atoms with Crippen LogP contribution in [-0.4, -0.2) is 15.5 Å². The molecule has 0 aromatic heterocycles. The van der Waals surface area contributed by atoms with E-state index in [9.17, 15) is 8.42 Å². The molecule has 2 aromatic rings. The summed E-state index contributed by atoms with van der Waals surface area (Å²) in [4.78, 5) is 0.198. The highest BCUT2D eigenvalue weighted by atomic mass is 35.5. The first-order chi connectivity index (χ1) is 9.03. The van der Waals surface area contributed by atoms with E-state index in [4.69, 9.17) is 16.3 Å². The van der Waals surface area contributed by atoms with Gasteiger partial charge in [-0.25, -0.2) is 8.42 Å². The Hall–Kier alpha value is -1.72. The number of anilines is 1. The lowest BCUT2D eigenvalue weighted by Gasteiger charge is -2.10. The molecule has 0 spiro atoms. The van der Waals surface area contributed by atoms with Crippen molar-refractivity contribution in [2.45, 2.75) is 4.90 Å². The maximum atomic E-state index is 12.1. The zero-order valence-corrected chi connectivity index (χ0v) is 11.7. The van der Waals surface area contributed by atoms with E-state index in [0.29, 0.717) is 16.5 Å². The van der Waals surface area contributed by atoms with Crippen LogP contribution in [0.5, 0.6) is 5.75 Å². The molecular weight excluding hydrogens is 286 g/mol. The van der Waals surface area contributed by atoms with Gasteiger partial charge in [0.15, 0.2) is 0 Å². The Morgan fingerprint density at radius 3 is 2.42 bits per heavy atom. The zero-order chi connectivity index (χ0) is 13.9. The van der Waals surface area contributed by atoms with Crippen molar-refractivity contribution in [2.75, 3.05) is 11.8 Å². The van der Waals surface area contributed by atoms with Crippen molar-refractivity contribution in [3.05, 3.63) is 53.6 Å². The number of nitrogens with one attached hydrogen (secondary N) is 1. The third-order valence-corrected chi connectivity index (χ3v) is 4.17. The normalized spacial score (nSPS) is 11.1. The third-order valence-electron chi connectivity index (χ3n) is 2.46. The molecule has 1 N–H and O–H groups in total. The van der Waals surface area contributed by atoms with E-state index in [2.05, 4.69) is 4.72 Å². The summed E-state index contributed by atoms with van der Waals surface area (Å²) in [6.45, 7) is 0. The van der Waals surface area contributed by atoms with Crippen LogP contribution < -0.4 is 9.46 Å². The van der Waals surface area contributed by atoms with E-state index >= 15 is 0 Å². The minimum absolute atomic E-state index is 0.198. The molecule has 0 aliphatic rings. The standard InChI is InChI=1S/C13H12ClNO3S/c1-18-13-9-10(7-8-12(13)14)15-19(16,17)11-5-3-2-4-6-11/h2-9,15H,1H3. The SMILES string of the molecule is COc1cc(NS(=O)(=O)c2ccccc2)ccc1Cl. The van der Waals surface area contributed by atoms with Gasteiger partial charge in [-0.05, 0) is 24.3 Å². The van der Waals surface area contributed by atoms with Crippen LogP contribution in [0.4, 0.5) is 5.69 Å². The molecular formula is C13H12ClNO3S. The van der Waals surface area contributed by atoms with Crippen molar-refractivity contribution in [2.24, 2.45) is 0 Å². The summed E-state index contributed by atoms with van der Waals surface area (Å²) in [5.41, 5.74) is 0.394. The molecule has 0 atom stereocenters. The van der Waals surface area contributed by atoms with Crippen LogP contribution >= 0.6 is 11.6 Å². The summed E-state index contributed by atoms with van der Waals surface area (Å²) in [5, 5.41) is 0.421. The van der Waals surface area contributed by atoms with Gasteiger partial charge < -0.3 is 4.74 Å². The fourth-order valence-electron chi connectivity index (χ4n) is 1.54. The molecule has 0 radical (unpaired) electrons. The van der Waals surface area contributed by atoms with Gasteiger partial charge in [0.25, 0.3) is 10.0 Å². The van der Waals surface area contributed by atoms with Gasteiger partial charge in [-0.2, -0.15) is 0 Å². The number of halogens is 1. The van der Waals surface area contributed by atoms with Crippen molar-refractivity contribution >= 4 is 27.3 Å². The van der Waals surface area contributed by atoms with Gasteiger partial charge in [0.05, 0.1) is 22.7 Å². The minimum Gasteiger partial charge on any atom is -0.495 e. The highest BCUT2D eigenvalue weighted by Crippen LogP contribution is 2.28. The summed E-state index contributed by atoms with van der Waals surface area (Å²) >= 11 is 5.88. The molecule has 0 saturated carbocycles. The van der Waals surface area contributed by atoms with E-state index in [1.165, 1.54) is 25.3 Å². The predicted octanol–water partition coefficient (Wildman–Crippen LogP) is 3.15. The quantitative estimate of drug-likeness (QED) is 0.943. The van der Waals surface area contributed by atoms with Crippen LogP contribution in [0.15, 0.2) is 53.4 Å². The fourth-order valence-corrected chi connectivity index (χ4v) is 2.80. The molecule has 2 rings (SSSR count). The molecule has 0 amide bonds. The molecule has 0 fully saturated rings. The highest BCUT2D eigenvalue weighted by Gasteiger charge is 2.14. The number of methoxy groups -OCH3 is 1. The number of rotatable bonds is 4. The topological polar surface area (TPSA) is 55.4 Å². The Balaban J connectivity index is 2.31. The van der Waals surface area contributed by atoms with Crippen LogP contribution in [0.1, 0.15) is 0 Å². The van der Waals surface area contributed by atoms with E-state index in [1.807, 2.05) is 0 Å². The van der Waals surface area contributed by atoms with Crippen LogP contribution in [0.25, 0.3) is 0 Å². The summed E-state index contributed by atoms with van der Waals surface area (Å²) in [7, 11) is -2.13. The molecule has 0 heterocycles. The first kappa shape index (κ1) is 13.7. The van der Waals surface area contributed by atoms with Crippen LogP contribution in [-0.2, 0) is 10.0 Å². The Kier molecular flexibility index (Phi) is 3.97. The largest absolute Gasteiger partial charge is 0.495 e. The minimum atomic E-state index is -3.60. The average Bonchev–Trinajstić information content (AvgIpc) is 2.42. The van der Waals surface area contributed by atoms with Crippen molar-refractivity contribution in [1.29, 1.82) is 0 Å². The highest BCUT2D eigenvalue weighted by molar-refractivity contribution is 7.92. The molecule has 100 valence electrons. The van der Waals surface area contributed by atoms with Gasteiger partial charge in [0.1, 0.15) is 5.75 Å². The third kappa shape index (κ3) is 3.19. The average molecular weight is 298 g/mol. The molecule has 0 unspecified atom stereocenters. The van der Waals surface area contributed by atoms with Crippen LogP contribution in [0.3, 0.4) is 0 Å². The maximum absolute atomic E-state index is 12.1. The van der Waals surface area contributed by atoms with Crippen LogP contribution in [0.2, 0.25) is 5.02 Å². The lowest BCUT2D eigenvalue weighted by molar-refractivity contribution is 0.415. The van der Waals surface area contributed by atoms with Gasteiger partial charge in [0.2, 0.25) is 0 Å². The van der Waals surface area contributed by atoms with Gasteiger partial charge in [-0.15, -0.1) is 0 Å². The first-order valence-electron chi connectivity index (χ1n) is 5.44. The van der Waals surface area contributed by atoms with Crippen molar-refractivity contribution in [1.82, 2.24) is 0 Å². The molecule has 6 heteroatoms. The fraction of sp³-hybridized carbons (Fsp3) is 0.0769. The number of hydrogen-bond acceptors (Lipinski definition) is 3. The van der Waals surface area contributed by atoms with E-state index in [0.717, 1.165) is 0 Å². The second kappa shape index (κ2) is 5.50. The second-order valence-electron chi connectivity index (χ2n) is 3.77. The first-order valence-corrected chi connectivity index (χ1v) is 7.30. The lowest BCUT2D eigenvalue weighted by Crippen LogP contribution is -2.12. The molecule has 0 aliphatic carbocycles. The Morgan fingerprint density at radius 1 is 1.11 bits per heavy atom. The zero-order valence-electron chi connectivity index (χ0n) is 10.1. The summed E-state index contributed by atoms with van der Waals surface area (Å²) in [6, 6.07) is 12.8. The molecule has 0 saturated heterocycles. The smallest absolute Gasteiger partial charge is 0.261 e. The molecule has 4 nitrogen and oxygen atoms in total. The van der Waals surface area contributed by atoms with E-state index < -0.39 is 10.0 Å². The van der Waals surface area contributed by atoms with Crippen molar-refractivity contribution in [3.8, 4) is 5.75 Å². The Morgan fingerprint density at radius 2 is 1.79 bits per heavy atom. The van der Waals surface area contributed by atoms with Crippen molar-refractivity contribution in [3.63, 3.8) is 0 Å². The maximum Gasteiger partial charge on any atom is 0.261 e. The lowest BCUT2D eigenvalue weighted by atomic mass is 10.3. The Labute approximate surface area is 117 Å². The molecule has 19 heavy (non-hydrogen) atoms. The summed E-state index contributed by atoms with van der Waals surface area (Å²) in [6.07, 6.45) is 0. The molecule has 2 aromatic carbocycles. The number of benzene rings is 2. The van der Waals surface area contributed by atoms with Crippen molar-refractivity contribution < 1.29 is 13.2 Å². The number of hydrogen-bond donors (Lipinski definition) is 1. The van der Waals surface area contributed by atoms with Gasteiger partial charge >= 0.3 is 0 Å². The summed E-state index contributed by atoms with van der Waals surface area (Å²) < 4.78 is 31.7. The number of ether oxygens (including phenoxy) is 1. The predicted molar refractivity (Wildman–Crippen MR) is 75.3 cm³/mol. The molecule has 0 aliphatic heterocycles.